The molecule has 1 aromatic carbocycles. The summed E-state index contributed by atoms with van der Waals surface area (Å²) in [4.78, 5) is 7.00. The van der Waals surface area contributed by atoms with Gasteiger partial charge in [0, 0.05) is 30.1 Å². The Balaban J connectivity index is 2.10. The first kappa shape index (κ1) is 14.9. The van der Waals surface area contributed by atoms with Gasteiger partial charge in [0.05, 0.1) is 5.52 Å². The molecule has 2 aromatic rings. The number of hydrogen-bond acceptors (Lipinski definition) is 3. The highest BCUT2D eigenvalue weighted by Gasteiger charge is 2.11. The van der Waals surface area contributed by atoms with Crippen LogP contribution in [-0.4, -0.2) is 43.1 Å². The molecule has 2 rings (SSSR count). The Kier molecular flexibility index (Phi) is 5.50. The summed E-state index contributed by atoms with van der Waals surface area (Å²) in [6.07, 6.45) is 2.14. The Labute approximate surface area is 122 Å². The predicted octanol–water partition coefficient (Wildman–Crippen LogP) is 2.71. The smallest absolute Gasteiger partial charge is 0.0705 e. The van der Waals surface area contributed by atoms with Gasteiger partial charge in [0.15, 0.2) is 0 Å². The number of likely N-dealkylation sites (N-methyl/N-ethyl adjacent to an activating group) is 1. The predicted molar refractivity (Wildman–Crippen MR) is 86.1 cm³/mol. The average Bonchev–Trinajstić information content (AvgIpc) is 2.44. The Morgan fingerprint density at radius 1 is 1.15 bits per heavy atom. The van der Waals surface area contributed by atoms with Crippen molar-refractivity contribution < 1.29 is 0 Å². The molecule has 1 N–H and O–H groups in total. The van der Waals surface area contributed by atoms with Gasteiger partial charge in [-0.3, -0.25) is 4.98 Å². The molecule has 1 heterocycles. The van der Waals surface area contributed by atoms with Gasteiger partial charge in [-0.15, -0.1) is 0 Å². The summed E-state index contributed by atoms with van der Waals surface area (Å²) in [5, 5.41) is 4.83. The molecule has 3 nitrogen and oxygen atoms in total. The molecule has 0 amide bonds. The van der Waals surface area contributed by atoms with Crippen LogP contribution in [0, 0.1) is 0 Å². The van der Waals surface area contributed by atoms with Crippen LogP contribution in [0.15, 0.2) is 36.4 Å². The Bertz CT molecular complexity index is 537. The van der Waals surface area contributed by atoms with Crippen molar-refractivity contribution in [3.8, 4) is 0 Å². The largest absolute Gasteiger partial charge is 0.312 e. The minimum absolute atomic E-state index is 0.457. The summed E-state index contributed by atoms with van der Waals surface area (Å²) in [5.41, 5.74) is 2.25. The topological polar surface area (TPSA) is 28.2 Å². The van der Waals surface area contributed by atoms with Gasteiger partial charge in [0.25, 0.3) is 0 Å². The maximum Gasteiger partial charge on any atom is 0.0705 e. The summed E-state index contributed by atoms with van der Waals surface area (Å²) in [5.74, 6) is 0. The van der Waals surface area contributed by atoms with Crippen LogP contribution in [0.4, 0.5) is 0 Å². The molecule has 3 heteroatoms. The number of hydrogen-bond donors (Lipinski definition) is 1. The van der Waals surface area contributed by atoms with E-state index in [4.69, 9.17) is 4.98 Å². The highest BCUT2D eigenvalue weighted by atomic mass is 15.1. The number of pyridine rings is 1. The molecule has 108 valence electrons. The number of nitrogens with one attached hydrogen (secondary N) is 1. The first-order chi connectivity index (χ1) is 9.69. The number of rotatable bonds is 7. The molecule has 0 aliphatic rings. The normalized spacial score (nSPS) is 13.0. The molecule has 0 saturated heterocycles. The molecule has 1 atom stereocenters. The van der Waals surface area contributed by atoms with E-state index in [2.05, 4.69) is 61.6 Å². The summed E-state index contributed by atoms with van der Waals surface area (Å²) in [7, 11) is 4.24. The van der Waals surface area contributed by atoms with E-state index in [1.165, 1.54) is 11.1 Å². The molecule has 1 unspecified atom stereocenters. The second kappa shape index (κ2) is 7.36. The highest BCUT2D eigenvalue weighted by molar-refractivity contribution is 5.78. The van der Waals surface area contributed by atoms with Crippen molar-refractivity contribution in [2.45, 2.75) is 25.8 Å². The van der Waals surface area contributed by atoms with Crippen molar-refractivity contribution in [1.29, 1.82) is 0 Å². The van der Waals surface area contributed by atoms with Crippen LogP contribution >= 0.6 is 0 Å². The van der Waals surface area contributed by atoms with Crippen molar-refractivity contribution in [3.05, 3.63) is 42.1 Å². The molecule has 0 bridgehead atoms. The van der Waals surface area contributed by atoms with Gasteiger partial charge in [-0.2, -0.15) is 0 Å². The van der Waals surface area contributed by atoms with Gasteiger partial charge in [0.1, 0.15) is 0 Å². The van der Waals surface area contributed by atoms with Crippen LogP contribution in [0.5, 0.6) is 0 Å². The van der Waals surface area contributed by atoms with Crippen molar-refractivity contribution >= 4 is 10.9 Å². The molecule has 0 aliphatic heterocycles. The zero-order valence-corrected chi connectivity index (χ0v) is 12.8. The van der Waals surface area contributed by atoms with E-state index in [1.807, 2.05) is 6.07 Å². The zero-order valence-electron chi connectivity index (χ0n) is 12.8. The third kappa shape index (κ3) is 4.29. The van der Waals surface area contributed by atoms with Crippen molar-refractivity contribution in [3.63, 3.8) is 0 Å². The summed E-state index contributed by atoms with van der Waals surface area (Å²) < 4.78 is 0. The molecule has 0 fully saturated rings. The fourth-order valence-electron chi connectivity index (χ4n) is 2.46. The van der Waals surface area contributed by atoms with E-state index in [9.17, 15) is 0 Å². The standard InChI is InChI=1S/C17H25N3/c1-4-11-18-16(13-20(2)3)12-15-10-9-14-7-5-6-8-17(14)19-15/h5-10,16,18H,4,11-13H2,1-3H3. The first-order valence-corrected chi connectivity index (χ1v) is 7.42. The van der Waals surface area contributed by atoms with Crippen LogP contribution in [0.1, 0.15) is 19.0 Å². The van der Waals surface area contributed by atoms with Crippen molar-refractivity contribution in [1.82, 2.24) is 15.2 Å². The van der Waals surface area contributed by atoms with Gasteiger partial charge in [-0.25, -0.2) is 0 Å². The Morgan fingerprint density at radius 3 is 2.70 bits per heavy atom. The highest BCUT2D eigenvalue weighted by Crippen LogP contribution is 2.13. The maximum absolute atomic E-state index is 4.77. The minimum Gasteiger partial charge on any atom is -0.312 e. The van der Waals surface area contributed by atoms with Crippen molar-refractivity contribution in [2.75, 3.05) is 27.2 Å². The lowest BCUT2D eigenvalue weighted by Gasteiger charge is -2.22. The van der Waals surface area contributed by atoms with Gasteiger partial charge < -0.3 is 10.2 Å². The van der Waals surface area contributed by atoms with Crippen LogP contribution in [0.25, 0.3) is 10.9 Å². The van der Waals surface area contributed by atoms with E-state index in [1.54, 1.807) is 0 Å². The lowest BCUT2D eigenvalue weighted by atomic mass is 10.1. The van der Waals surface area contributed by atoms with E-state index in [-0.39, 0.29) is 0 Å². The van der Waals surface area contributed by atoms with Crippen molar-refractivity contribution in [2.24, 2.45) is 0 Å². The van der Waals surface area contributed by atoms with Gasteiger partial charge in [-0.1, -0.05) is 31.2 Å². The number of nitrogens with zero attached hydrogens (tertiary/aromatic N) is 2. The van der Waals surface area contributed by atoms with E-state index >= 15 is 0 Å². The lowest BCUT2D eigenvalue weighted by Crippen LogP contribution is -2.40. The molecule has 0 saturated carbocycles. The van der Waals surface area contributed by atoms with Gasteiger partial charge >= 0.3 is 0 Å². The number of benzene rings is 1. The van der Waals surface area contributed by atoms with E-state index < -0.39 is 0 Å². The summed E-state index contributed by atoms with van der Waals surface area (Å²) in [6, 6.07) is 13.1. The number of aromatic nitrogens is 1. The second-order valence-corrected chi connectivity index (χ2v) is 5.61. The Hall–Kier alpha value is -1.45. The Morgan fingerprint density at radius 2 is 1.95 bits per heavy atom. The molecular weight excluding hydrogens is 246 g/mol. The summed E-state index contributed by atoms with van der Waals surface area (Å²) >= 11 is 0. The molecule has 20 heavy (non-hydrogen) atoms. The van der Waals surface area contributed by atoms with Crippen LogP contribution in [0.3, 0.4) is 0 Å². The average molecular weight is 271 g/mol. The molecular formula is C17H25N3. The second-order valence-electron chi connectivity index (χ2n) is 5.61. The number of fused-ring (bicyclic) bond motifs is 1. The zero-order chi connectivity index (χ0) is 14.4. The number of para-hydroxylation sites is 1. The first-order valence-electron chi connectivity index (χ1n) is 7.42. The van der Waals surface area contributed by atoms with Crippen LogP contribution in [0.2, 0.25) is 0 Å². The molecule has 0 spiro atoms. The molecule has 0 radical (unpaired) electrons. The SMILES string of the molecule is CCCNC(Cc1ccc2ccccc2n1)CN(C)C. The van der Waals surface area contributed by atoms with Crippen LogP contribution < -0.4 is 5.32 Å². The third-order valence-corrected chi connectivity index (χ3v) is 3.38. The third-order valence-electron chi connectivity index (χ3n) is 3.38. The molecule has 0 aliphatic carbocycles. The maximum atomic E-state index is 4.77. The van der Waals surface area contributed by atoms with Gasteiger partial charge in [0.2, 0.25) is 0 Å². The monoisotopic (exact) mass is 271 g/mol. The minimum atomic E-state index is 0.457. The van der Waals surface area contributed by atoms with Gasteiger partial charge in [-0.05, 0) is 39.2 Å². The quantitative estimate of drug-likeness (QED) is 0.839. The van der Waals surface area contributed by atoms with E-state index in [0.717, 1.165) is 31.4 Å². The fourth-order valence-corrected chi connectivity index (χ4v) is 2.46. The lowest BCUT2D eigenvalue weighted by molar-refractivity contribution is 0.335. The van der Waals surface area contributed by atoms with E-state index in [0.29, 0.717) is 6.04 Å². The summed E-state index contributed by atoms with van der Waals surface area (Å²) in [6.45, 7) is 4.30. The fraction of sp³-hybridized carbons (Fsp3) is 0.471. The molecule has 1 aromatic heterocycles. The van der Waals surface area contributed by atoms with Crippen LogP contribution in [-0.2, 0) is 6.42 Å².